The Kier molecular flexibility index (Phi) is 4.93. The van der Waals surface area contributed by atoms with Gasteiger partial charge in [-0.2, -0.15) is 5.10 Å². The van der Waals surface area contributed by atoms with E-state index in [9.17, 15) is 4.39 Å². The molecule has 1 aromatic carbocycles. The number of nitrogens with zero attached hydrogens (tertiary/aromatic N) is 2. The minimum absolute atomic E-state index is 0.0903. The molecule has 1 N–H and O–H groups in total. The highest BCUT2D eigenvalue weighted by atomic mass is 127. The van der Waals surface area contributed by atoms with Crippen molar-refractivity contribution in [1.82, 2.24) is 15.1 Å². The van der Waals surface area contributed by atoms with Gasteiger partial charge in [0.1, 0.15) is 5.82 Å². The van der Waals surface area contributed by atoms with Gasteiger partial charge in [-0.1, -0.05) is 6.92 Å². The first-order valence-corrected chi connectivity index (χ1v) is 7.43. The van der Waals surface area contributed by atoms with Gasteiger partial charge < -0.3 is 5.32 Å². The van der Waals surface area contributed by atoms with E-state index in [4.69, 9.17) is 0 Å². The van der Waals surface area contributed by atoms with Crippen LogP contribution in [-0.2, 0) is 0 Å². The third kappa shape index (κ3) is 3.54. The van der Waals surface area contributed by atoms with Crippen LogP contribution in [0.2, 0.25) is 0 Å². The van der Waals surface area contributed by atoms with Crippen LogP contribution in [-0.4, -0.2) is 16.3 Å². The molecule has 0 aliphatic rings. The fourth-order valence-corrected chi connectivity index (χ4v) is 2.37. The number of hydrogen-bond donors (Lipinski definition) is 1. The average molecular weight is 373 g/mol. The van der Waals surface area contributed by atoms with Gasteiger partial charge in [-0.25, -0.2) is 9.07 Å². The van der Waals surface area contributed by atoms with Crippen LogP contribution in [0.15, 0.2) is 30.6 Å². The SMILES string of the molecule is CCCNC(C)c1cc(F)ccc1-n1cc(I)cn1. The summed E-state index contributed by atoms with van der Waals surface area (Å²) in [7, 11) is 0. The molecule has 0 saturated carbocycles. The highest BCUT2D eigenvalue weighted by Crippen LogP contribution is 2.23. The molecule has 19 heavy (non-hydrogen) atoms. The second-order valence-electron chi connectivity index (χ2n) is 4.48. The van der Waals surface area contributed by atoms with Crippen molar-refractivity contribution in [2.45, 2.75) is 26.3 Å². The second-order valence-corrected chi connectivity index (χ2v) is 5.73. The van der Waals surface area contributed by atoms with Crippen molar-refractivity contribution in [2.24, 2.45) is 0 Å². The van der Waals surface area contributed by atoms with Crippen LogP contribution in [0.25, 0.3) is 5.69 Å². The van der Waals surface area contributed by atoms with E-state index in [-0.39, 0.29) is 11.9 Å². The smallest absolute Gasteiger partial charge is 0.123 e. The maximum Gasteiger partial charge on any atom is 0.123 e. The molecule has 102 valence electrons. The van der Waals surface area contributed by atoms with Gasteiger partial charge in [0.05, 0.1) is 15.5 Å². The molecule has 1 atom stereocenters. The summed E-state index contributed by atoms with van der Waals surface area (Å²) in [6.07, 6.45) is 4.77. The summed E-state index contributed by atoms with van der Waals surface area (Å²) in [5.41, 5.74) is 1.84. The van der Waals surface area contributed by atoms with E-state index in [1.165, 1.54) is 6.07 Å². The van der Waals surface area contributed by atoms with Gasteiger partial charge in [-0.3, -0.25) is 0 Å². The van der Waals surface area contributed by atoms with E-state index in [1.54, 1.807) is 23.0 Å². The Morgan fingerprint density at radius 3 is 2.89 bits per heavy atom. The predicted molar refractivity (Wildman–Crippen MR) is 82.9 cm³/mol. The molecule has 2 aromatic rings. The molecule has 0 saturated heterocycles. The number of rotatable bonds is 5. The number of hydrogen-bond acceptors (Lipinski definition) is 2. The van der Waals surface area contributed by atoms with Crippen LogP contribution in [0.5, 0.6) is 0 Å². The van der Waals surface area contributed by atoms with Gasteiger partial charge in [-0.15, -0.1) is 0 Å². The van der Waals surface area contributed by atoms with E-state index >= 15 is 0 Å². The third-order valence-electron chi connectivity index (χ3n) is 2.95. The van der Waals surface area contributed by atoms with Gasteiger partial charge in [0, 0.05) is 12.2 Å². The zero-order valence-electron chi connectivity index (χ0n) is 11.0. The molecule has 0 aliphatic heterocycles. The van der Waals surface area contributed by atoms with Crippen LogP contribution >= 0.6 is 22.6 Å². The molecule has 0 fully saturated rings. The van der Waals surface area contributed by atoms with Crippen molar-refractivity contribution >= 4 is 22.6 Å². The van der Waals surface area contributed by atoms with Gasteiger partial charge in [0.25, 0.3) is 0 Å². The van der Waals surface area contributed by atoms with Crippen molar-refractivity contribution in [3.63, 3.8) is 0 Å². The fourth-order valence-electron chi connectivity index (χ4n) is 1.98. The number of aromatic nitrogens is 2. The zero-order chi connectivity index (χ0) is 13.8. The van der Waals surface area contributed by atoms with E-state index in [0.29, 0.717) is 0 Å². The molecule has 3 nitrogen and oxygen atoms in total. The van der Waals surface area contributed by atoms with Gasteiger partial charge in [-0.05, 0) is 66.2 Å². The Morgan fingerprint density at radius 1 is 1.47 bits per heavy atom. The van der Waals surface area contributed by atoms with Crippen molar-refractivity contribution in [2.75, 3.05) is 6.54 Å². The highest BCUT2D eigenvalue weighted by molar-refractivity contribution is 14.1. The summed E-state index contributed by atoms with van der Waals surface area (Å²) in [6, 6.07) is 4.92. The molecule has 1 heterocycles. The lowest BCUT2D eigenvalue weighted by molar-refractivity contribution is 0.558. The molecular formula is C14H17FIN3. The Morgan fingerprint density at radius 2 is 2.26 bits per heavy atom. The quantitative estimate of drug-likeness (QED) is 0.811. The van der Waals surface area contributed by atoms with Crippen LogP contribution in [0, 0.1) is 9.39 Å². The summed E-state index contributed by atoms with van der Waals surface area (Å²) in [6.45, 7) is 5.07. The molecule has 0 aliphatic carbocycles. The maximum atomic E-state index is 13.5. The summed E-state index contributed by atoms with van der Waals surface area (Å²) in [4.78, 5) is 0. The summed E-state index contributed by atoms with van der Waals surface area (Å²) in [5, 5.41) is 7.68. The van der Waals surface area contributed by atoms with Crippen LogP contribution < -0.4 is 5.32 Å². The Balaban J connectivity index is 2.37. The Labute approximate surface area is 126 Å². The van der Waals surface area contributed by atoms with E-state index < -0.39 is 0 Å². The van der Waals surface area contributed by atoms with Gasteiger partial charge in [0.15, 0.2) is 0 Å². The van der Waals surface area contributed by atoms with Gasteiger partial charge >= 0.3 is 0 Å². The minimum atomic E-state index is -0.217. The molecule has 5 heteroatoms. The van der Waals surface area contributed by atoms with Crippen molar-refractivity contribution in [3.8, 4) is 5.69 Å². The molecule has 2 rings (SSSR count). The highest BCUT2D eigenvalue weighted by Gasteiger charge is 2.13. The average Bonchev–Trinajstić information content (AvgIpc) is 2.82. The van der Waals surface area contributed by atoms with E-state index in [0.717, 1.165) is 27.8 Å². The molecule has 0 amide bonds. The van der Waals surface area contributed by atoms with Gasteiger partial charge in [0.2, 0.25) is 0 Å². The lowest BCUT2D eigenvalue weighted by Crippen LogP contribution is -2.21. The molecular weight excluding hydrogens is 356 g/mol. The van der Waals surface area contributed by atoms with E-state index in [2.05, 4.69) is 39.9 Å². The standard InChI is InChI=1S/C14H17FIN3/c1-3-6-17-10(2)13-7-11(15)4-5-14(13)19-9-12(16)8-18-19/h4-5,7-10,17H,3,6H2,1-2H3. The zero-order valence-corrected chi connectivity index (χ0v) is 13.2. The summed E-state index contributed by atoms with van der Waals surface area (Å²) in [5.74, 6) is -0.217. The van der Waals surface area contributed by atoms with Crippen molar-refractivity contribution in [1.29, 1.82) is 0 Å². The first kappa shape index (κ1) is 14.5. The first-order chi connectivity index (χ1) is 9.11. The molecule has 1 aromatic heterocycles. The second kappa shape index (κ2) is 6.47. The Hall–Kier alpha value is -0.950. The lowest BCUT2D eigenvalue weighted by atomic mass is 10.1. The number of benzene rings is 1. The lowest BCUT2D eigenvalue weighted by Gasteiger charge is -2.17. The minimum Gasteiger partial charge on any atom is -0.310 e. The van der Waals surface area contributed by atoms with Crippen molar-refractivity contribution < 1.29 is 4.39 Å². The number of nitrogens with one attached hydrogen (secondary N) is 1. The van der Waals surface area contributed by atoms with Crippen LogP contribution in [0.1, 0.15) is 31.9 Å². The number of halogens is 2. The van der Waals surface area contributed by atoms with Crippen molar-refractivity contribution in [3.05, 3.63) is 45.5 Å². The molecule has 0 spiro atoms. The summed E-state index contributed by atoms with van der Waals surface area (Å²) < 4.78 is 16.3. The first-order valence-electron chi connectivity index (χ1n) is 6.35. The monoisotopic (exact) mass is 373 g/mol. The van der Waals surface area contributed by atoms with E-state index in [1.807, 2.05) is 13.1 Å². The molecule has 0 bridgehead atoms. The Bertz CT molecular complexity index is 553. The largest absolute Gasteiger partial charge is 0.310 e. The maximum absolute atomic E-state index is 13.5. The predicted octanol–water partition coefficient (Wildman–Crippen LogP) is 3.68. The summed E-state index contributed by atoms with van der Waals surface area (Å²) >= 11 is 2.21. The fraction of sp³-hybridized carbons (Fsp3) is 0.357. The third-order valence-corrected chi connectivity index (χ3v) is 3.51. The van der Waals surface area contributed by atoms with Crippen LogP contribution in [0.3, 0.4) is 0 Å². The normalized spacial score (nSPS) is 12.6. The van der Waals surface area contributed by atoms with Crippen LogP contribution in [0.4, 0.5) is 4.39 Å². The topological polar surface area (TPSA) is 29.9 Å². The molecule has 1 unspecified atom stereocenters. The molecule has 0 radical (unpaired) electrons.